The standard InChI is InChI=1S/C31H40O7/c1-15-9-8-10-21(32)22(15)27(34)37-25-16(2)13-30-17(3)11-20-23(28(20,4)5)19(24(30)33)12-18-14-36-29(6,7)38-26(18)31(25,30)35/h8-10,12-13,17,19-20,23-26,32-33,35H,11,14H2,1-7H3/t17-,19?,20-,23+,24?,25?,26?,30?,31?/m1/s1. The van der Waals surface area contributed by atoms with Crippen LogP contribution in [0.1, 0.15) is 63.9 Å². The number of aliphatic hydroxyl groups excluding tert-OH is 1. The fraction of sp³-hybridized carbons (Fsp3) is 0.645. The van der Waals surface area contributed by atoms with Gasteiger partial charge in [0.15, 0.2) is 11.9 Å². The maximum Gasteiger partial charge on any atom is 0.342 e. The van der Waals surface area contributed by atoms with E-state index in [4.69, 9.17) is 14.2 Å². The molecule has 38 heavy (non-hydrogen) atoms. The predicted molar refractivity (Wildman–Crippen MR) is 140 cm³/mol. The minimum absolute atomic E-state index is 0.0674. The van der Waals surface area contributed by atoms with E-state index in [1.54, 1.807) is 19.1 Å². The number of benzene rings is 1. The highest BCUT2D eigenvalue weighted by atomic mass is 16.7. The largest absolute Gasteiger partial charge is 0.507 e. The Hall–Kier alpha value is -2.19. The van der Waals surface area contributed by atoms with E-state index in [1.807, 2.05) is 26.8 Å². The topological polar surface area (TPSA) is 105 Å². The zero-order chi connectivity index (χ0) is 27.6. The van der Waals surface area contributed by atoms with Crippen LogP contribution in [0, 0.1) is 41.4 Å². The third-order valence-corrected chi connectivity index (χ3v) is 10.6. The number of aryl methyl sites for hydroxylation is 1. The maximum absolute atomic E-state index is 13.6. The minimum atomic E-state index is -1.79. The Morgan fingerprint density at radius 2 is 1.87 bits per heavy atom. The van der Waals surface area contributed by atoms with Crippen LogP contribution < -0.4 is 0 Å². The van der Waals surface area contributed by atoms with Crippen LogP contribution >= 0.6 is 0 Å². The molecule has 7 heteroatoms. The van der Waals surface area contributed by atoms with Crippen molar-refractivity contribution in [2.45, 2.75) is 84.6 Å². The second-order valence-electron chi connectivity index (χ2n) is 13.4. The van der Waals surface area contributed by atoms with Crippen molar-refractivity contribution in [3.63, 3.8) is 0 Å². The summed E-state index contributed by atoms with van der Waals surface area (Å²) < 4.78 is 18.7. The van der Waals surface area contributed by atoms with Gasteiger partial charge in [0, 0.05) is 5.92 Å². The Labute approximate surface area is 224 Å². The second kappa shape index (κ2) is 7.94. The summed E-state index contributed by atoms with van der Waals surface area (Å²) >= 11 is 0. The van der Waals surface area contributed by atoms with Crippen LogP contribution in [0.3, 0.4) is 0 Å². The lowest BCUT2D eigenvalue weighted by molar-refractivity contribution is -0.312. The fourth-order valence-electron chi connectivity index (χ4n) is 8.69. The third-order valence-electron chi connectivity index (χ3n) is 10.6. The lowest BCUT2D eigenvalue weighted by Gasteiger charge is -2.55. The van der Waals surface area contributed by atoms with Crippen molar-refractivity contribution >= 4 is 5.97 Å². The molecule has 5 aliphatic rings. The third kappa shape index (κ3) is 3.19. The van der Waals surface area contributed by atoms with Gasteiger partial charge in [-0.2, -0.15) is 0 Å². The Balaban J connectivity index is 1.52. The highest BCUT2D eigenvalue weighted by Gasteiger charge is 2.77. The number of rotatable bonds is 2. The van der Waals surface area contributed by atoms with Gasteiger partial charge in [-0.05, 0) is 80.1 Å². The number of aliphatic hydroxyl groups is 2. The molecule has 2 bridgehead atoms. The summed E-state index contributed by atoms with van der Waals surface area (Å²) in [5.74, 6) is -1.51. The van der Waals surface area contributed by atoms with Crippen molar-refractivity contribution in [2.24, 2.45) is 34.5 Å². The quantitative estimate of drug-likeness (QED) is 0.392. The number of fused-ring (bicyclic) bond motifs is 5. The first kappa shape index (κ1) is 26.1. The molecule has 1 spiro atoms. The molecular formula is C31H40O7. The number of hydrogen-bond donors (Lipinski definition) is 3. The summed E-state index contributed by atoms with van der Waals surface area (Å²) in [6, 6.07) is 4.85. The van der Waals surface area contributed by atoms with Crippen LogP contribution in [-0.4, -0.2) is 57.6 Å². The SMILES string of the molecule is CC1=CC23C(O)C(C=C4COC(C)(C)OC4C2(O)C1OC(=O)c1c(C)cccc1O)[C@H]1[C@@H](C[C@H]3C)C1(C)C. The van der Waals surface area contributed by atoms with Crippen molar-refractivity contribution in [1.29, 1.82) is 0 Å². The lowest BCUT2D eigenvalue weighted by atomic mass is 9.58. The molecule has 4 aliphatic carbocycles. The molecule has 6 rings (SSSR count). The molecule has 0 amide bonds. The molecule has 1 aromatic carbocycles. The van der Waals surface area contributed by atoms with Gasteiger partial charge in [0.2, 0.25) is 0 Å². The van der Waals surface area contributed by atoms with Crippen molar-refractivity contribution in [2.75, 3.05) is 6.61 Å². The zero-order valence-corrected chi connectivity index (χ0v) is 23.3. The maximum atomic E-state index is 13.6. The molecule has 6 unspecified atom stereocenters. The van der Waals surface area contributed by atoms with Gasteiger partial charge in [-0.1, -0.05) is 45.1 Å². The summed E-state index contributed by atoms with van der Waals surface area (Å²) in [6.45, 7) is 14.1. The van der Waals surface area contributed by atoms with Crippen molar-refractivity contribution in [3.05, 3.63) is 52.6 Å². The number of hydrogen-bond acceptors (Lipinski definition) is 7. The first-order valence-corrected chi connectivity index (χ1v) is 13.8. The fourth-order valence-corrected chi connectivity index (χ4v) is 8.69. The summed E-state index contributed by atoms with van der Waals surface area (Å²) in [4.78, 5) is 13.6. The summed E-state index contributed by atoms with van der Waals surface area (Å²) in [7, 11) is 0. The van der Waals surface area contributed by atoms with Crippen LogP contribution in [0.4, 0.5) is 0 Å². The monoisotopic (exact) mass is 524 g/mol. The average Bonchev–Trinajstić information content (AvgIpc) is 3.31. The Morgan fingerprint density at radius 3 is 2.55 bits per heavy atom. The van der Waals surface area contributed by atoms with Crippen LogP contribution in [0.15, 0.2) is 41.5 Å². The highest BCUT2D eigenvalue weighted by molar-refractivity contribution is 5.94. The van der Waals surface area contributed by atoms with Gasteiger partial charge in [0.1, 0.15) is 23.0 Å². The van der Waals surface area contributed by atoms with E-state index in [2.05, 4.69) is 26.8 Å². The molecule has 0 radical (unpaired) electrons. The summed E-state index contributed by atoms with van der Waals surface area (Å²) in [6.07, 6.45) is 2.04. The van der Waals surface area contributed by atoms with Crippen molar-refractivity contribution < 1.29 is 34.3 Å². The number of carbonyl (C=O) groups is 1. The molecule has 1 heterocycles. The average molecular weight is 525 g/mol. The van der Waals surface area contributed by atoms with Gasteiger partial charge >= 0.3 is 5.97 Å². The van der Waals surface area contributed by atoms with E-state index < -0.39 is 41.1 Å². The predicted octanol–water partition coefficient (Wildman–Crippen LogP) is 4.28. The van der Waals surface area contributed by atoms with Crippen LogP contribution in [0.25, 0.3) is 0 Å². The number of ether oxygens (including phenoxy) is 3. The minimum Gasteiger partial charge on any atom is -0.507 e. The first-order chi connectivity index (χ1) is 17.7. The van der Waals surface area contributed by atoms with Crippen molar-refractivity contribution in [1.82, 2.24) is 0 Å². The highest BCUT2D eigenvalue weighted by Crippen LogP contribution is 2.73. The van der Waals surface area contributed by atoms with Crippen LogP contribution in [0.5, 0.6) is 5.75 Å². The van der Waals surface area contributed by atoms with E-state index in [9.17, 15) is 20.1 Å². The number of phenolic OH excluding ortho intramolecular Hbond substituents is 1. The molecule has 9 atom stereocenters. The Kier molecular flexibility index (Phi) is 5.44. The summed E-state index contributed by atoms with van der Waals surface area (Å²) in [5.41, 5.74) is -0.729. The summed E-state index contributed by atoms with van der Waals surface area (Å²) in [5, 5.41) is 35.9. The Bertz CT molecular complexity index is 1240. The molecule has 1 aromatic rings. The molecule has 1 saturated heterocycles. The second-order valence-corrected chi connectivity index (χ2v) is 13.4. The number of aromatic hydroxyl groups is 1. The van der Waals surface area contributed by atoms with Gasteiger partial charge in [0.05, 0.1) is 18.1 Å². The molecule has 3 fully saturated rings. The van der Waals surface area contributed by atoms with E-state index >= 15 is 0 Å². The van der Waals surface area contributed by atoms with E-state index in [0.29, 0.717) is 17.1 Å². The van der Waals surface area contributed by atoms with Gasteiger partial charge in [0.25, 0.3) is 0 Å². The smallest absolute Gasteiger partial charge is 0.342 e. The molecule has 3 N–H and O–H groups in total. The van der Waals surface area contributed by atoms with Gasteiger partial charge < -0.3 is 29.5 Å². The molecule has 206 valence electrons. The van der Waals surface area contributed by atoms with Crippen LogP contribution in [-0.2, 0) is 14.2 Å². The first-order valence-electron chi connectivity index (χ1n) is 13.8. The number of esters is 1. The van der Waals surface area contributed by atoms with E-state index in [0.717, 1.165) is 12.0 Å². The number of carbonyl (C=O) groups excluding carboxylic acids is 1. The molecule has 1 aliphatic heterocycles. The molecular weight excluding hydrogens is 484 g/mol. The van der Waals surface area contributed by atoms with Gasteiger partial charge in [-0.25, -0.2) is 4.79 Å². The van der Waals surface area contributed by atoms with E-state index in [1.165, 1.54) is 6.07 Å². The molecule has 7 nitrogen and oxygen atoms in total. The van der Waals surface area contributed by atoms with Crippen molar-refractivity contribution in [3.8, 4) is 5.75 Å². The molecule has 0 aromatic heterocycles. The van der Waals surface area contributed by atoms with E-state index in [-0.39, 0.29) is 41.1 Å². The Morgan fingerprint density at radius 1 is 1.16 bits per heavy atom. The van der Waals surface area contributed by atoms with Gasteiger partial charge in [-0.15, -0.1) is 0 Å². The van der Waals surface area contributed by atoms with Gasteiger partial charge in [-0.3, -0.25) is 0 Å². The number of phenols is 1. The van der Waals surface area contributed by atoms with Crippen LogP contribution in [0.2, 0.25) is 0 Å². The normalized spacial score (nSPS) is 43.9. The lowest BCUT2D eigenvalue weighted by Crippen LogP contribution is -2.69. The molecule has 2 saturated carbocycles. The zero-order valence-electron chi connectivity index (χ0n) is 23.3.